The summed E-state index contributed by atoms with van der Waals surface area (Å²) in [5.74, 6) is -0.333. The van der Waals surface area contributed by atoms with Crippen LogP contribution in [0.2, 0.25) is 5.02 Å². The fourth-order valence-corrected chi connectivity index (χ4v) is 1.41. The summed E-state index contributed by atoms with van der Waals surface area (Å²) < 4.78 is 9.89. The Kier molecular flexibility index (Phi) is 5.39. The second kappa shape index (κ2) is 6.81. The summed E-state index contributed by atoms with van der Waals surface area (Å²) in [4.78, 5) is 22.4. The quantitative estimate of drug-likeness (QED) is 0.356. The minimum Gasteiger partial charge on any atom is -0.464 e. The highest BCUT2D eigenvalue weighted by molar-refractivity contribution is 6.31. The molecule has 96 valence electrons. The first-order valence-corrected chi connectivity index (χ1v) is 5.72. The zero-order valence-electron chi connectivity index (χ0n) is 10.1. The third-order valence-electron chi connectivity index (χ3n) is 2.01. The highest BCUT2D eigenvalue weighted by Crippen LogP contribution is 2.23. The summed E-state index contributed by atoms with van der Waals surface area (Å²) in [5.41, 5.74) is 0.357. The van der Waals surface area contributed by atoms with E-state index in [1.807, 2.05) is 0 Å². The van der Waals surface area contributed by atoms with E-state index in [1.54, 1.807) is 19.1 Å². The Morgan fingerprint density at radius 1 is 1.39 bits per heavy atom. The number of benzene rings is 1. The summed E-state index contributed by atoms with van der Waals surface area (Å²) in [5, 5.41) is 0.446. The molecule has 1 rings (SSSR count). The van der Waals surface area contributed by atoms with Crippen LogP contribution in [0.25, 0.3) is 0 Å². The van der Waals surface area contributed by atoms with Crippen LogP contribution in [0.1, 0.15) is 24.2 Å². The molecule has 0 atom stereocenters. The van der Waals surface area contributed by atoms with Gasteiger partial charge in [0.25, 0.3) is 0 Å². The van der Waals surface area contributed by atoms with Crippen LogP contribution in [0.5, 0.6) is 5.75 Å². The van der Waals surface area contributed by atoms with Gasteiger partial charge in [-0.3, -0.25) is 4.79 Å². The molecular weight excluding hydrogens is 256 g/mol. The number of hydrogen-bond donors (Lipinski definition) is 0. The van der Waals surface area contributed by atoms with Gasteiger partial charge < -0.3 is 9.47 Å². The fourth-order valence-electron chi connectivity index (χ4n) is 1.23. The van der Waals surface area contributed by atoms with Gasteiger partial charge in [-0.2, -0.15) is 0 Å². The highest BCUT2D eigenvalue weighted by atomic mass is 35.5. The minimum atomic E-state index is -0.504. The molecule has 0 spiro atoms. The minimum absolute atomic E-state index is 0.169. The van der Waals surface area contributed by atoms with E-state index >= 15 is 0 Å². The molecule has 1 aromatic rings. The lowest BCUT2D eigenvalue weighted by Crippen LogP contribution is -2.01. The molecule has 0 aliphatic rings. The first-order chi connectivity index (χ1) is 8.54. The molecule has 1 aromatic carbocycles. The standard InChI is InChI=1S/C13H13ClO4/c1-3-17-13(16)6-7-18-12-5-4-10(14)8-11(12)9(2)15/h4-8H,3H2,1-2H3. The lowest BCUT2D eigenvalue weighted by atomic mass is 10.1. The lowest BCUT2D eigenvalue weighted by molar-refractivity contribution is -0.137. The molecular formula is C13H13ClO4. The van der Waals surface area contributed by atoms with Crippen LogP contribution < -0.4 is 4.74 Å². The molecule has 0 aliphatic heterocycles. The van der Waals surface area contributed by atoms with Crippen LogP contribution in [0.3, 0.4) is 0 Å². The molecule has 0 amide bonds. The van der Waals surface area contributed by atoms with E-state index in [2.05, 4.69) is 4.74 Å². The zero-order valence-corrected chi connectivity index (χ0v) is 10.9. The predicted octanol–water partition coefficient (Wildman–Crippen LogP) is 3.00. The summed E-state index contributed by atoms with van der Waals surface area (Å²) in [6, 6.07) is 4.67. The third kappa shape index (κ3) is 4.22. The van der Waals surface area contributed by atoms with Gasteiger partial charge in [0, 0.05) is 5.02 Å². The predicted molar refractivity (Wildman–Crippen MR) is 67.9 cm³/mol. The van der Waals surface area contributed by atoms with E-state index in [1.165, 1.54) is 19.3 Å². The van der Waals surface area contributed by atoms with E-state index in [0.29, 0.717) is 22.9 Å². The molecule has 18 heavy (non-hydrogen) atoms. The molecule has 0 bridgehead atoms. The third-order valence-corrected chi connectivity index (χ3v) is 2.24. The van der Waals surface area contributed by atoms with Gasteiger partial charge in [0.05, 0.1) is 24.5 Å². The fraction of sp³-hybridized carbons (Fsp3) is 0.231. The molecule has 0 aromatic heterocycles. The Hall–Kier alpha value is -1.81. The van der Waals surface area contributed by atoms with Gasteiger partial charge in [0.15, 0.2) is 5.78 Å². The van der Waals surface area contributed by atoms with E-state index < -0.39 is 5.97 Å². The molecule has 0 unspecified atom stereocenters. The van der Waals surface area contributed by atoms with Gasteiger partial charge in [-0.1, -0.05) is 11.6 Å². The number of esters is 1. The highest BCUT2D eigenvalue weighted by Gasteiger charge is 2.08. The maximum absolute atomic E-state index is 11.4. The van der Waals surface area contributed by atoms with E-state index in [0.717, 1.165) is 6.08 Å². The van der Waals surface area contributed by atoms with Crippen molar-refractivity contribution in [2.45, 2.75) is 13.8 Å². The molecule has 4 nitrogen and oxygen atoms in total. The van der Waals surface area contributed by atoms with Crippen molar-refractivity contribution in [1.82, 2.24) is 0 Å². The molecule has 0 aliphatic carbocycles. The number of ketones is 1. The van der Waals surface area contributed by atoms with Crippen LogP contribution in [0.4, 0.5) is 0 Å². The van der Waals surface area contributed by atoms with Crippen molar-refractivity contribution >= 4 is 23.4 Å². The van der Waals surface area contributed by atoms with Crippen LogP contribution in [0, 0.1) is 0 Å². The SMILES string of the molecule is CCOC(=O)C=COc1ccc(Cl)cc1C(C)=O. The Balaban J connectivity index is 2.79. The van der Waals surface area contributed by atoms with Crippen LogP contribution in [0.15, 0.2) is 30.5 Å². The maximum Gasteiger partial charge on any atom is 0.333 e. The Morgan fingerprint density at radius 2 is 2.11 bits per heavy atom. The number of halogens is 1. The van der Waals surface area contributed by atoms with Crippen LogP contribution in [-0.2, 0) is 9.53 Å². The Morgan fingerprint density at radius 3 is 2.72 bits per heavy atom. The van der Waals surface area contributed by atoms with Crippen LogP contribution in [-0.4, -0.2) is 18.4 Å². The topological polar surface area (TPSA) is 52.6 Å². The number of ether oxygens (including phenoxy) is 2. The second-order valence-electron chi connectivity index (χ2n) is 3.37. The first-order valence-electron chi connectivity index (χ1n) is 5.35. The summed E-state index contributed by atoms with van der Waals surface area (Å²) in [7, 11) is 0. The summed E-state index contributed by atoms with van der Waals surface area (Å²) in [6.45, 7) is 3.41. The van der Waals surface area contributed by atoms with Gasteiger partial charge in [-0.25, -0.2) is 4.79 Å². The average Bonchev–Trinajstić information content (AvgIpc) is 2.31. The normalized spacial score (nSPS) is 10.4. The van der Waals surface area contributed by atoms with Crippen molar-refractivity contribution in [3.8, 4) is 5.75 Å². The Bertz CT molecular complexity index is 480. The van der Waals surface area contributed by atoms with E-state index in [-0.39, 0.29) is 5.78 Å². The molecule has 0 saturated carbocycles. The van der Waals surface area contributed by atoms with Gasteiger partial charge >= 0.3 is 5.97 Å². The number of Topliss-reactive ketones (excluding diaryl/α,β-unsaturated/α-hetero) is 1. The smallest absolute Gasteiger partial charge is 0.333 e. The van der Waals surface area contributed by atoms with Crippen LogP contribution >= 0.6 is 11.6 Å². The zero-order chi connectivity index (χ0) is 13.5. The molecule has 0 saturated heterocycles. The molecule has 0 N–H and O–H groups in total. The Labute approximate surface area is 110 Å². The number of carbonyl (C=O) groups excluding carboxylic acids is 2. The summed E-state index contributed by atoms with van der Waals surface area (Å²) in [6.07, 6.45) is 2.32. The lowest BCUT2D eigenvalue weighted by Gasteiger charge is -2.05. The molecule has 0 heterocycles. The van der Waals surface area contributed by atoms with Gasteiger partial charge in [-0.15, -0.1) is 0 Å². The maximum atomic E-state index is 11.4. The number of rotatable bonds is 5. The van der Waals surface area contributed by atoms with Crippen molar-refractivity contribution in [3.63, 3.8) is 0 Å². The van der Waals surface area contributed by atoms with E-state index in [4.69, 9.17) is 16.3 Å². The van der Waals surface area contributed by atoms with E-state index in [9.17, 15) is 9.59 Å². The molecule has 0 radical (unpaired) electrons. The molecule has 5 heteroatoms. The number of carbonyl (C=O) groups is 2. The first kappa shape index (κ1) is 14.3. The summed E-state index contributed by atoms with van der Waals surface area (Å²) >= 11 is 5.79. The van der Waals surface area contributed by atoms with Crippen molar-refractivity contribution in [2.75, 3.05) is 6.61 Å². The van der Waals surface area contributed by atoms with Crippen molar-refractivity contribution in [2.24, 2.45) is 0 Å². The van der Waals surface area contributed by atoms with Crippen molar-refractivity contribution in [1.29, 1.82) is 0 Å². The van der Waals surface area contributed by atoms with Gasteiger partial charge in [0.2, 0.25) is 0 Å². The van der Waals surface area contributed by atoms with Crippen molar-refractivity contribution in [3.05, 3.63) is 41.1 Å². The van der Waals surface area contributed by atoms with Gasteiger partial charge in [0.1, 0.15) is 5.75 Å². The second-order valence-corrected chi connectivity index (χ2v) is 3.81. The number of hydrogen-bond acceptors (Lipinski definition) is 4. The monoisotopic (exact) mass is 268 g/mol. The van der Waals surface area contributed by atoms with Gasteiger partial charge in [-0.05, 0) is 32.0 Å². The van der Waals surface area contributed by atoms with Crippen molar-refractivity contribution < 1.29 is 19.1 Å². The molecule has 0 fully saturated rings. The largest absolute Gasteiger partial charge is 0.464 e. The average molecular weight is 269 g/mol.